The SMILES string of the molecule is COc1ccc(CNC(=O)NC2CC(=O)N(c3ccc(F)cc3)C2)cc1. The van der Waals surface area contributed by atoms with E-state index in [-0.39, 0.29) is 30.2 Å². The van der Waals surface area contributed by atoms with Gasteiger partial charge in [0.05, 0.1) is 13.2 Å². The van der Waals surface area contributed by atoms with Crippen LogP contribution in [0.4, 0.5) is 14.9 Å². The molecule has 2 aromatic rings. The van der Waals surface area contributed by atoms with Crippen molar-refractivity contribution in [3.63, 3.8) is 0 Å². The summed E-state index contributed by atoms with van der Waals surface area (Å²) in [5.74, 6) is 0.300. The number of carbonyl (C=O) groups is 2. The first kappa shape index (κ1) is 17.7. The van der Waals surface area contributed by atoms with Crippen LogP contribution in [0.15, 0.2) is 48.5 Å². The van der Waals surface area contributed by atoms with E-state index in [1.165, 1.54) is 12.1 Å². The Balaban J connectivity index is 1.50. The third kappa shape index (κ3) is 4.30. The molecule has 1 unspecified atom stereocenters. The molecular formula is C19H20FN3O3. The highest BCUT2D eigenvalue weighted by Crippen LogP contribution is 2.21. The quantitative estimate of drug-likeness (QED) is 0.863. The van der Waals surface area contributed by atoms with Gasteiger partial charge in [0.2, 0.25) is 5.91 Å². The van der Waals surface area contributed by atoms with Gasteiger partial charge in [-0.2, -0.15) is 0 Å². The third-order valence-electron chi connectivity index (χ3n) is 4.21. The predicted octanol–water partition coefficient (Wildman–Crippen LogP) is 2.44. The number of amides is 3. The van der Waals surface area contributed by atoms with Crippen molar-refractivity contribution >= 4 is 17.6 Å². The lowest BCUT2D eigenvalue weighted by atomic mass is 10.2. The Morgan fingerprint density at radius 1 is 1.19 bits per heavy atom. The fourth-order valence-corrected chi connectivity index (χ4v) is 2.84. The van der Waals surface area contributed by atoms with Crippen molar-refractivity contribution in [1.29, 1.82) is 0 Å². The van der Waals surface area contributed by atoms with Crippen molar-refractivity contribution in [1.82, 2.24) is 10.6 Å². The number of anilines is 1. The molecule has 3 rings (SSSR count). The van der Waals surface area contributed by atoms with Crippen molar-refractivity contribution in [2.75, 3.05) is 18.6 Å². The maximum Gasteiger partial charge on any atom is 0.315 e. The Hall–Kier alpha value is -3.09. The summed E-state index contributed by atoms with van der Waals surface area (Å²) in [5, 5.41) is 5.57. The fraction of sp³-hybridized carbons (Fsp3) is 0.263. The van der Waals surface area contributed by atoms with Gasteiger partial charge in [-0.25, -0.2) is 9.18 Å². The molecule has 0 saturated carbocycles. The van der Waals surface area contributed by atoms with Crippen molar-refractivity contribution < 1.29 is 18.7 Å². The molecule has 0 bridgehead atoms. The summed E-state index contributed by atoms with van der Waals surface area (Å²) in [6.07, 6.45) is 0.216. The molecule has 0 aromatic heterocycles. The smallest absolute Gasteiger partial charge is 0.315 e. The summed E-state index contributed by atoms with van der Waals surface area (Å²) < 4.78 is 18.1. The highest BCUT2D eigenvalue weighted by molar-refractivity contribution is 5.96. The Morgan fingerprint density at radius 3 is 2.54 bits per heavy atom. The zero-order chi connectivity index (χ0) is 18.5. The van der Waals surface area contributed by atoms with Gasteiger partial charge in [-0.1, -0.05) is 12.1 Å². The Kier molecular flexibility index (Phi) is 5.36. The lowest BCUT2D eigenvalue weighted by Gasteiger charge is -2.17. The molecule has 1 atom stereocenters. The van der Waals surface area contributed by atoms with E-state index in [9.17, 15) is 14.0 Å². The molecule has 6 nitrogen and oxygen atoms in total. The summed E-state index contributed by atoms with van der Waals surface area (Å²) in [5.41, 5.74) is 1.57. The lowest BCUT2D eigenvalue weighted by Crippen LogP contribution is -2.43. The molecule has 0 aliphatic carbocycles. The van der Waals surface area contributed by atoms with Crippen molar-refractivity contribution in [2.24, 2.45) is 0 Å². The van der Waals surface area contributed by atoms with Gasteiger partial charge < -0.3 is 20.3 Å². The molecule has 7 heteroatoms. The molecule has 3 amide bonds. The third-order valence-corrected chi connectivity index (χ3v) is 4.21. The summed E-state index contributed by atoms with van der Waals surface area (Å²) >= 11 is 0. The number of carbonyl (C=O) groups excluding carboxylic acids is 2. The van der Waals surface area contributed by atoms with E-state index in [4.69, 9.17) is 4.74 Å². The van der Waals surface area contributed by atoms with Gasteiger partial charge in [0.15, 0.2) is 0 Å². The van der Waals surface area contributed by atoms with Gasteiger partial charge in [-0.05, 0) is 42.0 Å². The first-order chi connectivity index (χ1) is 12.5. The van der Waals surface area contributed by atoms with Crippen LogP contribution in [0.3, 0.4) is 0 Å². The van der Waals surface area contributed by atoms with E-state index in [0.29, 0.717) is 18.8 Å². The number of benzene rings is 2. The van der Waals surface area contributed by atoms with Gasteiger partial charge in [0.1, 0.15) is 11.6 Å². The number of nitrogens with zero attached hydrogens (tertiary/aromatic N) is 1. The Labute approximate surface area is 150 Å². The minimum absolute atomic E-state index is 0.0999. The van der Waals surface area contributed by atoms with Gasteiger partial charge >= 0.3 is 6.03 Å². The normalized spacial score (nSPS) is 16.5. The van der Waals surface area contributed by atoms with Gasteiger partial charge in [0, 0.05) is 25.2 Å². The van der Waals surface area contributed by atoms with Crippen molar-refractivity contribution in [3.8, 4) is 5.75 Å². The molecule has 0 radical (unpaired) electrons. The van der Waals surface area contributed by atoms with Crippen molar-refractivity contribution in [2.45, 2.75) is 19.0 Å². The first-order valence-corrected chi connectivity index (χ1v) is 8.28. The average Bonchev–Trinajstić information content (AvgIpc) is 3.01. The highest BCUT2D eigenvalue weighted by Gasteiger charge is 2.31. The molecule has 1 heterocycles. The van der Waals surface area contributed by atoms with E-state index in [1.807, 2.05) is 24.3 Å². The first-order valence-electron chi connectivity index (χ1n) is 8.28. The number of ether oxygens (including phenoxy) is 1. The molecule has 136 valence electrons. The van der Waals surface area contributed by atoms with Crippen LogP contribution in [-0.4, -0.2) is 31.6 Å². The maximum atomic E-state index is 13.0. The Bertz CT molecular complexity index is 778. The second kappa shape index (κ2) is 7.86. The monoisotopic (exact) mass is 357 g/mol. The fourth-order valence-electron chi connectivity index (χ4n) is 2.84. The largest absolute Gasteiger partial charge is 0.497 e. The molecule has 0 spiro atoms. The van der Waals surface area contributed by atoms with Crippen LogP contribution in [-0.2, 0) is 11.3 Å². The van der Waals surface area contributed by atoms with Crippen LogP contribution in [0.1, 0.15) is 12.0 Å². The second-order valence-electron chi connectivity index (χ2n) is 6.06. The zero-order valence-electron chi connectivity index (χ0n) is 14.4. The number of hydrogen-bond acceptors (Lipinski definition) is 3. The number of nitrogens with one attached hydrogen (secondary N) is 2. The van der Waals surface area contributed by atoms with Crippen LogP contribution in [0, 0.1) is 5.82 Å². The van der Waals surface area contributed by atoms with E-state index >= 15 is 0 Å². The van der Waals surface area contributed by atoms with E-state index in [1.54, 1.807) is 24.1 Å². The lowest BCUT2D eigenvalue weighted by molar-refractivity contribution is -0.117. The second-order valence-corrected chi connectivity index (χ2v) is 6.06. The summed E-state index contributed by atoms with van der Waals surface area (Å²) in [6, 6.07) is 12.5. The van der Waals surface area contributed by atoms with Crippen LogP contribution in [0.5, 0.6) is 5.75 Å². The minimum atomic E-state index is -0.354. The van der Waals surface area contributed by atoms with Crippen LogP contribution in [0.2, 0.25) is 0 Å². The molecule has 1 fully saturated rings. The number of rotatable bonds is 5. The van der Waals surface area contributed by atoms with E-state index in [2.05, 4.69) is 10.6 Å². The molecule has 1 aliphatic rings. The number of methoxy groups -OCH3 is 1. The predicted molar refractivity (Wildman–Crippen MR) is 95.5 cm³/mol. The number of hydrogen-bond donors (Lipinski definition) is 2. The molecule has 1 aliphatic heterocycles. The van der Waals surface area contributed by atoms with E-state index < -0.39 is 0 Å². The number of urea groups is 1. The standard InChI is InChI=1S/C19H20FN3O3/c1-26-17-8-2-13(3-9-17)11-21-19(25)22-15-10-18(24)23(12-15)16-6-4-14(20)5-7-16/h2-9,15H,10-12H2,1H3,(H2,21,22,25). The maximum absolute atomic E-state index is 13.0. The van der Waals surface area contributed by atoms with Crippen molar-refractivity contribution in [3.05, 3.63) is 59.9 Å². The van der Waals surface area contributed by atoms with Crippen LogP contribution < -0.4 is 20.3 Å². The topological polar surface area (TPSA) is 70.7 Å². The van der Waals surface area contributed by atoms with Crippen LogP contribution in [0.25, 0.3) is 0 Å². The van der Waals surface area contributed by atoms with Gasteiger partial charge in [0.25, 0.3) is 0 Å². The van der Waals surface area contributed by atoms with Crippen LogP contribution >= 0.6 is 0 Å². The van der Waals surface area contributed by atoms with Gasteiger partial charge in [-0.3, -0.25) is 4.79 Å². The summed E-state index contributed by atoms with van der Waals surface area (Å²) in [7, 11) is 1.60. The molecule has 2 aromatic carbocycles. The highest BCUT2D eigenvalue weighted by atomic mass is 19.1. The Morgan fingerprint density at radius 2 is 1.88 bits per heavy atom. The zero-order valence-corrected chi connectivity index (χ0v) is 14.4. The molecule has 26 heavy (non-hydrogen) atoms. The summed E-state index contributed by atoms with van der Waals surface area (Å²) in [4.78, 5) is 25.8. The molecule has 1 saturated heterocycles. The summed E-state index contributed by atoms with van der Waals surface area (Å²) in [6.45, 7) is 0.735. The van der Waals surface area contributed by atoms with E-state index in [0.717, 1.165) is 11.3 Å². The minimum Gasteiger partial charge on any atom is -0.497 e. The van der Waals surface area contributed by atoms with Gasteiger partial charge in [-0.15, -0.1) is 0 Å². The number of halogens is 1. The molecular weight excluding hydrogens is 337 g/mol. The molecule has 2 N–H and O–H groups in total. The average molecular weight is 357 g/mol.